The van der Waals surface area contributed by atoms with Crippen LogP contribution in [-0.2, 0) is 9.59 Å². The summed E-state index contributed by atoms with van der Waals surface area (Å²) in [7, 11) is 0. The normalized spacial score (nSPS) is 29.9. The smallest absolute Gasteiger partial charge is 0.306 e. The van der Waals surface area contributed by atoms with Crippen LogP contribution in [0.5, 0.6) is 0 Å². The molecule has 1 amide bonds. The third-order valence-corrected chi connectivity index (χ3v) is 4.70. The fourth-order valence-corrected chi connectivity index (χ4v) is 3.42. The lowest BCUT2D eigenvalue weighted by Crippen LogP contribution is -2.55. The van der Waals surface area contributed by atoms with E-state index in [0.717, 1.165) is 51.4 Å². The van der Waals surface area contributed by atoms with Crippen LogP contribution in [-0.4, -0.2) is 29.1 Å². The van der Waals surface area contributed by atoms with Crippen molar-refractivity contribution >= 4 is 11.9 Å². The van der Waals surface area contributed by atoms with Crippen molar-refractivity contribution in [3.63, 3.8) is 0 Å². The zero-order valence-electron chi connectivity index (χ0n) is 11.4. The number of rotatable bonds is 4. The van der Waals surface area contributed by atoms with Crippen molar-refractivity contribution in [3.8, 4) is 0 Å². The van der Waals surface area contributed by atoms with Gasteiger partial charge >= 0.3 is 5.97 Å². The average molecular weight is 268 g/mol. The van der Waals surface area contributed by atoms with E-state index in [1.54, 1.807) is 0 Å². The van der Waals surface area contributed by atoms with E-state index in [9.17, 15) is 9.59 Å². The molecular formula is C14H24N2O3. The molecule has 0 bridgehead atoms. The Labute approximate surface area is 113 Å². The number of aliphatic carboxylic acids is 1. The van der Waals surface area contributed by atoms with Gasteiger partial charge in [0.15, 0.2) is 0 Å². The van der Waals surface area contributed by atoms with Crippen LogP contribution in [0.15, 0.2) is 0 Å². The maximum absolute atomic E-state index is 12.2. The fourth-order valence-electron chi connectivity index (χ4n) is 3.42. The zero-order chi connectivity index (χ0) is 13.9. The first-order valence-electron chi connectivity index (χ1n) is 7.33. The topological polar surface area (TPSA) is 92.4 Å². The lowest BCUT2D eigenvalue weighted by molar-refractivity contribution is -0.143. The van der Waals surface area contributed by atoms with Gasteiger partial charge in [-0.2, -0.15) is 0 Å². The van der Waals surface area contributed by atoms with E-state index in [-0.39, 0.29) is 17.7 Å². The average Bonchev–Trinajstić information content (AvgIpc) is 2.85. The molecule has 0 aromatic carbocycles. The number of nitrogens with one attached hydrogen (secondary N) is 1. The highest BCUT2D eigenvalue weighted by Gasteiger charge is 2.37. The van der Waals surface area contributed by atoms with Crippen LogP contribution in [0, 0.1) is 11.8 Å². The Kier molecular flexibility index (Phi) is 4.45. The first kappa shape index (κ1) is 14.3. The second kappa shape index (κ2) is 5.90. The van der Waals surface area contributed by atoms with Gasteiger partial charge in [0, 0.05) is 6.54 Å². The van der Waals surface area contributed by atoms with E-state index >= 15 is 0 Å². The molecule has 0 spiro atoms. The van der Waals surface area contributed by atoms with Gasteiger partial charge in [-0.1, -0.05) is 25.7 Å². The Bertz CT molecular complexity index is 351. The summed E-state index contributed by atoms with van der Waals surface area (Å²) in [6.45, 7) is 0.453. The summed E-state index contributed by atoms with van der Waals surface area (Å²) in [4.78, 5) is 23.3. The van der Waals surface area contributed by atoms with E-state index in [0.29, 0.717) is 6.54 Å². The molecule has 2 saturated carbocycles. The number of amides is 1. The number of nitrogens with two attached hydrogens (primary N) is 1. The van der Waals surface area contributed by atoms with E-state index in [4.69, 9.17) is 10.8 Å². The van der Waals surface area contributed by atoms with Crippen LogP contribution in [0.1, 0.15) is 51.4 Å². The predicted molar refractivity (Wildman–Crippen MR) is 71.5 cm³/mol. The molecule has 2 atom stereocenters. The largest absolute Gasteiger partial charge is 0.481 e. The number of carboxylic acid groups (broad SMARTS) is 1. The third-order valence-electron chi connectivity index (χ3n) is 4.70. The van der Waals surface area contributed by atoms with Crippen molar-refractivity contribution in [1.29, 1.82) is 0 Å². The van der Waals surface area contributed by atoms with Crippen molar-refractivity contribution < 1.29 is 14.7 Å². The standard InChI is InChI=1S/C14H24N2O3/c15-14(7-2-1-3-8-14)13(19)16-9-10-5-4-6-11(10)12(17)18/h10-11H,1-9,15H2,(H,16,19)(H,17,18). The van der Waals surface area contributed by atoms with E-state index in [1.807, 2.05) is 0 Å². The van der Waals surface area contributed by atoms with Crippen molar-refractivity contribution in [2.24, 2.45) is 17.6 Å². The number of hydrogen-bond acceptors (Lipinski definition) is 3. The van der Waals surface area contributed by atoms with Crippen molar-refractivity contribution in [3.05, 3.63) is 0 Å². The van der Waals surface area contributed by atoms with Crippen molar-refractivity contribution in [1.82, 2.24) is 5.32 Å². The van der Waals surface area contributed by atoms with Crippen LogP contribution in [0.25, 0.3) is 0 Å². The first-order chi connectivity index (χ1) is 9.03. The predicted octanol–water partition coefficient (Wildman–Crippen LogP) is 1.27. The van der Waals surface area contributed by atoms with Crippen LogP contribution < -0.4 is 11.1 Å². The molecule has 0 aromatic rings. The molecule has 5 heteroatoms. The monoisotopic (exact) mass is 268 g/mol. The first-order valence-corrected chi connectivity index (χ1v) is 7.33. The summed E-state index contributed by atoms with van der Waals surface area (Å²) >= 11 is 0. The highest BCUT2D eigenvalue weighted by molar-refractivity contribution is 5.86. The van der Waals surface area contributed by atoms with Gasteiger partial charge in [-0.05, 0) is 31.6 Å². The lowest BCUT2D eigenvalue weighted by atomic mass is 9.81. The van der Waals surface area contributed by atoms with Gasteiger partial charge in [-0.15, -0.1) is 0 Å². The Hall–Kier alpha value is -1.10. The highest BCUT2D eigenvalue weighted by atomic mass is 16.4. The van der Waals surface area contributed by atoms with Gasteiger partial charge < -0.3 is 16.2 Å². The summed E-state index contributed by atoms with van der Waals surface area (Å²) < 4.78 is 0. The third kappa shape index (κ3) is 3.26. The van der Waals surface area contributed by atoms with Gasteiger partial charge in [-0.3, -0.25) is 9.59 Å². The maximum Gasteiger partial charge on any atom is 0.306 e. The van der Waals surface area contributed by atoms with Crippen molar-refractivity contribution in [2.45, 2.75) is 56.9 Å². The molecule has 0 radical (unpaired) electrons. The van der Waals surface area contributed by atoms with Gasteiger partial charge in [-0.25, -0.2) is 0 Å². The molecule has 0 saturated heterocycles. The van der Waals surface area contributed by atoms with E-state index < -0.39 is 11.5 Å². The van der Waals surface area contributed by atoms with Gasteiger partial charge in [0.25, 0.3) is 0 Å². The second-order valence-corrected chi connectivity index (χ2v) is 6.06. The summed E-state index contributed by atoms with van der Waals surface area (Å²) in [6.07, 6.45) is 7.19. The second-order valence-electron chi connectivity index (χ2n) is 6.06. The SMILES string of the molecule is NC1(C(=O)NCC2CCCC2C(=O)O)CCCCC1. The molecule has 2 aliphatic carbocycles. The molecule has 0 aromatic heterocycles. The van der Waals surface area contributed by atoms with Crippen LogP contribution in [0.4, 0.5) is 0 Å². The molecule has 19 heavy (non-hydrogen) atoms. The molecular weight excluding hydrogens is 244 g/mol. The van der Waals surface area contributed by atoms with Gasteiger partial charge in [0.05, 0.1) is 11.5 Å². The minimum atomic E-state index is -0.739. The minimum Gasteiger partial charge on any atom is -0.481 e. The lowest BCUT2D eigenvalue weighted by Gasteiger charge is -2.32. The Balaban J connectivity index is 1.84. The summed E-state index contributed by atoms with van der Waals surface area (Å²) in [6, 6.07) is 0. The number of hydrogen-bond donors (Lipinski definition) is 3. The number of carbonyl (C=O) groups excluding carboxylic acids is 1. The molecule has 2 fully saturated rings. The zero-order valence-corrected chi connectivity index (χ0v) is 11.4. The van der Waals surface area contributed by atoms with Crippen molar-refractivity contribution in [2.75, 3.05) is 6.54 Å². The highest BCUT2D eigenvalue weighted by Crippen LogP contribution is 2.32. The molecule has 2 rings (SSSR count). The molecule has 4 N–H and O–H groups in total. The van der Waals surface area contributed by atoms with Gasteiger partial charge in [0.1, 0.15) is 0 Å². The maximum atomic E-state index is 12.2. The Morgan fingerprint density at radius 2 is 1.84 bits per heavy atom. The summed E-state index contributed by atoms with van der Waals surface area (Å²) in [5.41, 5.74) is 5.43. The molecule has 5 nitrogen and oxygen atoms in total. The minimum absolute atomic E-state index is 0.0636. The van der Waals surface area contributed by atoms with Gasteiger partial charge in [0.2, 0.25) is 5.91 Å². The summed E-state index contributed by atoms with van der Waals surface area (Å²) in [5, 5.41) is 12.0. The van der Waals surface area contributed by atoms with E-state index in [1.165, 1.54) is 0 Å². The van der Waals surface area contributed by atoms with Crippen LogP contribution >= 0.6 is 0 Å². The number of carbonyl (C=O) groups is 2. The quantitative estimate of drug-likeness (QED) is 0.715. The fraction of sp³-hybridized carbons (Fsp3) is 0.857. The molecule has 2 unspecified atom stereocenters. The Morgan fingerprint density at radius 1 is 1.16 bits per heavy atom. The molecule has 0 heterocycles. The number of carboxylic acids is 1. The van der Waals surface area contributed by atoms with Crippen LogP contribution in [0.3, 0.4) is 0 Å². The molecule has 2 aliphatic rings. The molecule has 0 aliphatic heterocycles. The van der Waals surface area contributed by atoms with Crippen LogP contribution in [0.2, 0.25) is 0 Å². The molecule has 108 valence electrons. The summed E-state index contributed by atoms with van der Waals surface area (Å²) in [5.74, 6) is -1.07. The Morgan fingerprint density at radius 3 is 2.47 bits per heavy atom. The van der Waals surface area contributed by atoms with E-state index in [2.05, 4.69) is 5.32 Å².